The van der Waals surface area contributed by atoms with Crippen LogP contribution in [0, 0.1) is 0 Å². The molecule has 2 N–H and O–H groups in total. The van der Waals surface area contributed by atoms with Crippen molar-refractivity contribution in [2.75, 3.05) is 17.8 Å². The van der Waals surface area contributed by atoms with E-state index < -0.39 is 9.84 Å². The van der Waals surface area contributed by atoms with Crippen LogP contribution in [0.3, 0.4) is 0 Å². The molecule has 1 heterocycles. The molecule has 0 amide bonds. The molecule has 0 saturated carbocycles. The minimum atomic E-state index is -2.86. The number of thioether (sulfide) groups is 1. The molecule has 0 aromatic carbocycles. The largest absolute Gasteiger partial charge is 0.324 e. The molecule has 0 aliphatic rings. The number of sulfone groups is 1. The zero-order valence-corrected chi connectivity index (χ0v) is 11.0. The average Bonchev–Trinajstić information content (AvgIpc) is 2.53. The standard InChI is InChI=1S/C8H16N4O2S2/c1-12-7(6-9)10-11-8(12)15-4-3-5-16(2,13)14/h3-6,9H2,1-2H3. The van der Waals surface area contributed by atoms with Gasteiger partial charge in [-0.1, -0.05) is 11.8 Å². The van der Waals surface area contributed by atoms with Crippen molar-refractivity contribution < 1.29 is 8.42 Å². The summed E-state index contributed by atoms with van der Waals surface area (Å²) in [4.78, 5) is 0. The molecule has 0 saturated heterocycles. The van der Waals surface area contributed by atoms with Gasteiger partial charge in [-0.15, -0.1) is 10.2 Å². The molecule has 0 atom stereocenters. The highest BCUT2D eigenvalue weighted by molar-refractivity contribution is 7.99. The summed E-state index contributed by atoms with van der Waals surface area (Å²) in [6, 6.07) is 0. The minimum Gasteiger partial charge on any atom is -0.324 e. The molecular formula is C8H16N4O2S2. The van der Waals surface area contributed by atoms with Gasteiger partial charge < -0.3 is 10.3 Å². The third-order valence-corrected chi connectivity index (χ3v) is 4.14. The first-order valence-electron chi connectivity index (χ1n) is 4.83. The van der Waals surface area contributed by atoms with Crippen molar-refractivity contribution in [1.29, 1.82) is 0 Å². The van der Waals surface area contributed by atoms with E-state index in [0.29, 0.717) is 18.7 Å². The molecule has 1 rings (SSSR count). The fourth-order valence-electron chi connectivity index (χ4n) is 1.13. The number of hydrogen-bond donors (Lipinski definition) is 1. The maximum atomic E-state index is 10.9. The Labute approximate surface area is 99.5 Å². The van der Waals surface area contributed by atoms with Crippen molar-refractivity contribution in [3.05, 3.63) is 5.82 Å². The molecule has 1 aromatic rings. The van der Waals surface area contributed by atoms with E-state index in [2.05, 4.69) is 10.2 Å². The van der Waals surface area contributed by atoms with Crippen LogP contribution in [0.15, 0.2) is 5.16 Å². The fraction of sp³-hybridized carbons (Fsp3) is 0.750. The van der Waals surface area contributed by atoms with E-state index in [4.69, 9.17) is 5.73 Å². The van der Waals surface area contributed by atoms with Gasteiger partial charge in [0.25, 0.3) is 0 Å². The molecule has 6 nitrogen and oxygen atoms in total. The van der Waals surface area contributed by atoms with Gasteiger partial charge in [-0.3, -0.25) is 0 Å². The Morgan fingerprint density at radius 1 is 1.44 bits per heavy atom. The summed E-state index contributed by atoms with van der Waals surface area (Å²) in [7, 11) is -1.02. The SMILES string of the molecule is Cn1c(CN)nnc1SCCCS(C)(=O)=O. The van der Waals surface area contributed by atoms with Crippen molar-refractivity contribution >= 4 is 21.6 Å². The van der Waals surface area contributed by atoms with Crippen molar-refractivity contribution in [2.24, 2.45) is 12.8 Å². The van der Waals surface area contributed by atoms with E-state index in [9.17, 15) is 8.42 Å². The highest BCUT2D eigenvalue weighted by Crippen LogP contribution is 2.16. The van der Waals surface area contributed by atoms with Crippen molar-refractivity contribution in [3.63, 3.8) is 0 Å². The Balaban J connectivity index is 2.40. The summed E-state index contributed by atoms with van der Waals surface area (Å²) in [5, 5.41) is 8.65. The first-order chi connectivity index (χ1) is 7.44. The Kier molecular flexibility index (Phi) is 4.75. The van der Waals surface area contributed by atoms with Crippen LogP contribution in [0.2, 0.25) is 0 Å². The number of hydrogen-bond acceptors (Lipinski definition) is 6. The van der Waals surface area contributed by atoms with Gasteiger partial charge in [-0.25, -0.2) is 8.42 Å². The Morgan fingerprint density at radius 2 is 2.12 bits per heavy atom. The minimum absolute atomic E-state index is 0.210. The lowest BCUT2D eigenvalue weighted by molar-refractivity contribution is 0.600. The van der Waals surface area contributed by atoms with E-state index in [-0.39, 0.29) is 5.75 Å². The van der Waals surface area contributed by atoms with E-state index >= 15 is 0 Å². The van der Waals surface area contributed by atoms with Crippen molar-refractivity contribution in [3.8, 4) is 0 Å². The number of aromatic nitrogens is 3. The average molecular weight is 264 g/mol. The summed E-state index contributed by atoms with van der Waals surface area (Å²) < 4.78 is 23.6. The van der Waals surface area contributed by atoms with Crippen LogP contribution in [-0.4, -0.2) is 40.9 Å². The van der Waals surface area contributed by atoms with Gasteiger partial charge in [0, 0.05) is 19.1 Å². The van der Waals surface area contributed by atoms with Crippen LogP contribution >= 0.6 is 11.8 Å². The lowest BCUT2D eigenvalue weighted by Crippen LogP contribution is -2.06. The molecule has 92 valence electrons. The van der Waals surface area contributed by atoms with Gasteiger partial charge in [-0.05, 0) is 6.42 Å². The molecule has 0 spiro atoms. The van der Waals surface area contributed by atoms with Crippen LogP contribution in [0.5, 0.6) is 0 Å². The topological polar surface area (TPSA) is 90.9 Å². The highest BCUT2D eigenvalue weighted by atomic mass is 32.2. The summed E-state index contributed by atoms with van der Waals surface area (Å²) in [6.07, 6.45) is 1.86. The van der Waals surface area contributed by atoms with Crippen LogP contribution in [0.25, 0.3) is 0 Å². The monoisotopic (exact) mass is 264 g/mol. The zero-order chi connectivity index (χ0) is 12.2. The molecule has 0 bridgehead atoms. The van der Waals surface area contributed by atoms with Crippen LogP contribution in [-0.2, 0) is 23.4 Å². The zero-order valence-electron chi connectivity index (χ0n) is 9.38. The quantitative estimate of drug-likeness (QED) is 0.565. The first-order valence-corrected chi connectivity index (χ1v) is 7.87. The maximum Gasteiger partial charge on any atom is 0.190 e. The molecule has 0 radical (unpaired) electrons. The molecule has 0 unspecified atom stereocenters. The smallest absolute Gasteiger partial charge is 0.190 e. The van der Waals surface area contributed by atoms with Gasteiger partial charge in [-0.2, -0.15) is 0 Å². The molecule has 0 fully saturated rings. The predicted octanol–water partition coefficient (Wildman–Crippen LogP) is -0.199. The third-order valence-electron chi connectivity index (χ3n) is 2.00. The molecule has 16 heavy (non-hydrogen) atoms. The lowest BCUT2D eigenvalue weighted by atomic mass is 10.6. The van der Waals surface area contributed by atoms with E-state index in [1.54, 1.807) is 0 Å². The number of nitrogens with zero attached hydrogens (tertiary/aromatic N) is 3. The number of nitrogens with two attached hydrogens (primary N) is 1. The summed E-state index contributed by atoms with van der Waals surface area (Å²) in [6.45, 7) is 0.355. The van der Waals surface area contributed by atoms with Crippen molar-refractivity contribution in [1.82, 2.24) is 14.8 Å². The summed E-state index contributed by atoms with van der Waals surface area (Å²) >= 11 is 1.49. The molecular weight excluding hydrogens is 248 g/mol. The fourth-order valence-corrected chi connectivity index (χ4v) is 2.85. The van der Waals surface area contributed by atoms with Gasteiger partial charge in [0.2, 0.25) is 0 Å². The molecule has 0 aliphatic carbocycles. The maximum absolute atomic E-state index is 10.9. The Bertz CT molecular complexity index is 441. The second-order valence-corrected chi connectivity index (χ2v) is 6.82. The van der Waals surface area contributed by atoms with Gasteiger partial charge in [0.15, 0.2) is 5.16 Å². The van der Waals surface area contributed by atoms with E-state index in [0.717, 1.165) is 11.0 Å². The van der Waals surface area contributed by atoms with Crippen molar-refractivity contribution in [2.45, 2.75) is 18.1 Å². The number of rotatable bonds is 6. The Hall–Kier alpha value is -0.600. The predicted molar refractivity (Wildman–Crippen MR) is 63.9 cm³/mol. The van der Waals surface area contributed by atoms with Gasteiger partial charge in [0.05, 0.1) is 12.3 Å². The Morgan fingerprint density at radius 3 is 2.62 bits per heavy atom. The molecule has 8 heteroatoms. The first kappa shape index (κ1) is 13.5. The molecule has 1 aromatic heterocycles. The van der Waals surface area contributed by atoms with E-state index in [1.807, 2.05) is 11.6 Å². The highest BCUT2D eigenvalue weighted by Gasteiger charge is 2.08. The third kappa shape index (κ3) is 4.11. The van der Waals surface area contributed by atoms with Crippen LogP contribution in [0.1, 0.15) is 12.2 Å². The van der Waals surface area contributed by atoms with Gasteiger partial charge >= 0.3 is 0 Å². The molecule has 0 aliphatic heterocycles. The van der Waals surface area contributed by atoms with Gasteiger partial charge in [0.1, 0.15) is 15.7 Å². The normalized spacial score (nSPS) is 11.9. The summed E-state index contributed by atoms with van der Waals surface area (Å²) in [5.74, 6) is 1.65. The van der Waals surface area contributed by atoms with Crippen LogP contribution < -0.4 is 5.73 Å². The second-order valence-electron chi connectivity index (χ2n) is 3.49. The lowest BCUT2D eigenvalue weighted by Gasteiger charge is -2.01. The van der Waals surface area contributed by atoms with E-state index in [1.165, 1.54) is 18.0 Å². The second kappa shape index (κ2) is 5.65. The summed E-state index contributed by atoms with van der Waals surface area (Å²) in [5.41, 5.74) is 5.46. The van der Waals surface area contributed by atoms with Crippen LogP contribution in [0.4, 0.5) is 0 Å².